The number of amides is 1. The van der Waals surface area contributed by atoms with Crippen molar-refractivity contribution in [3.63, 3.8) is 0 Å². The van der Waals surface area contributed by atoms with Crippen LogP contribution in [0.1, 0.15) is 18.4 Å². The minimum absolute atomic E-state index is 0.101. The minimum atomic E-state index is -0.335. The zero-order valence-electron chi connectivity index (χ0n) is 14.3. The van der Waals surface area contributed by atoms with Gasteiger partial charge in [0.05, 0.1) is 19.0 Å². The van der Waals surface area contributed by atoms with E-state index in [1.54, 1.807) is 13.3 Å². The van der Waals surface area contributed by atoms with Crippen LogP contribution in [-0.2, 0) is 16.0 Å². The summed E-state index contributed by atoms with van der Waals surface area (Å²) in [5.74, 6) is 1.56. The summed E-state index contributed by atoms with van der Waals surface area (Å²) >= 11 is 0. The lowest BCUT2D eigenvalue weighted by Gasteiger charge is -2.11. The van der Waals surface area contributed by atoms with Crippen LogP contribution < -0.4 is 15.4 Å². The highest BCUT2D eigenvalue weighted by molar-refractivity contribution is 5.94. The second-order valence-corrected chi connectivity index (χ2v) is 5.91. The number of nitrogens with zero attached hydrogens (tertiary/aromatic N) is 1. The molecule has 0 radical (unpaired) electrons. The van der Waals surface area contributed by atoms with E-state index in [2.05, 4.69) is 21.7 Å². The number of methoxy groups -OCH3 is 1. The van der Waals surface area contributed by atoms with Crippen molar-refractivity contribution in [3.05, 3.63) is 48.2 Å². The zero-order chi connectivity index (χ0) is 17.5. The summed E-state index contributed by atoms with van der Waals surface area (Å²) in [6, 6.07) is 11.7. The van der Waals surface area contributed by atoms with Gasteiger partial charge in [0, 0.05) is 13.2 Å². The van der Waals surface area contributed by atoms with Gasteiger partial charge in [0.25, 0.3) is 5.91 Å². The molecule has 132 valence electrons. The zero-order valence-corrected chi connectivity index (χ0v) is 14.3. The number of benzene rings is 1. The normalized spacial score (nSPS) is 16.4. The van der Waals surface area contributed by atoms with E-state index in [9.17, 15) is 4.79 Å². The number of carbonyl (C=O) groups excluding carboxylic acids is 1. The summed E-state index contributed by atoms with van der Waals surface area (Å²) in [4.78, 5) is 16.3. The number of aromatic nitrogens is 1. The summed E-state index contributed by atoms with van der Waals surface area (Å²) in [5.41, 5.74) is 1.83. The highest BCUT2D eigenvalue weighted by Crippen LogP contribution is 2.18. The van der Waals surface area contributed by atoms with Crippen LogP contribution in [-0.4, -0.2) is 37.3 Å². The second-order valence-electron chi connectivity index (χ2n) is 5.91. The molecule has 1 unspecified atom stereocenters. The fraction of sp³-hybridized carbons (Fsp3) is 0.368. The molecule has 25 heavy (non-hydrogen) atoms. The predicted molar refractivity (Wildman–Crippen MR) is 97.0 cm³/mol. The van der Waals surface area contributed by atoms with Gasteiger partial charge >= 0.3 is 0 Å². The molecule has 2 aromatic rings. The van der Waals surface area contributed by atoms with Gasteiger partial charge in [-0.05, 0) is 43.0 Å². The number of rotatable bonds is 7. The molecule has 1 fully saturated rings. The molecular formula is C19H23N3O3. The van der Waals surface area contributed by atoms with Crippen molar-refractivity contribution < 1.29 is 14.3 Å². The van der Waals surface area contributed by atoms with E-state index in [1.807, 2.05) is 30.3 Å². The van der Waals surface area contributed by atoms with Crippen molar-refractivity contribution in [3.8, 4) is 5.75 Å². The molecule has 0 spiro atoms. The quantitative estimate of drug-likeness (QED) is 0.810. The molecule has 2 heterocycles. The minimum Gasteiger partial charge on any atom is -0.496 e. The molecule has 0 bridgehead atoms. The average molecular weight is 341 g/mol. The number of hydrogen-bond donors (Lipinski definition) is 2. The first-order chi connectivity index (χ1) is 12.3. The molecule has 0 aliphatic carbocycles. The molecule has 6 heteroatoms. The van der Waals surface area contributed by atoms with E-state index in [0.717, 1.165) is 42.9 Å². The van der Waals surface area contributed by atoms with Crippen molar-refractivity contribution in [2.75, 3.05) is 30.9 Å². The monoisotopic (exact) mass is 341 g/mol. The Balaban J connectivity index is 1.48. The topological polar surface area (TPSA) is 72.5 Å². The van der Waals surface area contributed by atoms with Gasteiger partial charge < -0.3 is 20.1 Å². The van der Waals surface area contributed by atoms with Crippen LogP contribution in [0.4, 0.5) is 11.5 Å². The molecule has 3 rings (SSSR count). The lowest BCUT2D eigenvalue weighted by atomic mass is 10.1. The van der Waals surface area contributed by atoms with Crippen molar-refractivity contribution >= 4 is 17.4 Å². The largest absolute Gasteiger partial charge is 0.496 e. The number of anilines is 2. The molecule has 1 amide bonds. The SMILES string of the molecule is COc1ccccc1CCNc1ccc(NC(=O)C2CCCO2)cn1. The maximum Gasteiger partial charge on any atom is 0.253 e. The highest BCUT2D eigenvalue weighted by atomic mass is 16.5. The van der Waals surface area contributed by atoms with Crippen LogP contribution in [0.5, 0.6) is 5.75 Å². The molecule has 6 nitrogen and oxygen atoms in total. The maximum atomic E-state index is 12.0. The average Bonchev–Trinajstić information content (AvgIpc) is 3.18. The van der Waals surface area contributed by atoms with Crippen LogP contribution in [0.3, 0.4) is 0 Å². The summed E-state index contributed by atoms with van der Waals surface area (Å²) in [6.45, 7) is 1.40. The van der Waals surface area contributed by atoms with Crippen LogP contribution >= 0.6 is 0 Å². The second kappa shape index (κ2) is 8.48. The van der Waals surface area contributed by atoms with Gasteiger partial charge in [0.15, 0.2) is 0 Å². The van der Waals surface area contributed by atoms with E-state index in [0.29, 0.717) is 12.3 Å². The first-order valence-corrected chi connectivity index (χ1v) is 8.50. The third kappa shape index (κ3) is 4.70. The van der Waals surface area contributed by atoms with Crippen LogP contribution in [0, 0.1) is 0 Å². The molecule has 1 aliphatic rings. The Bertz CT molecular complexity index is 697. The molecule has 1 atom stereocenters. The van der Waals surface area contributed by atoms with Crippen molar-refractivity contribution in [2.24, 2.45) is 0 Å². The Kier molecular flexibility index (Phi) is 5.85. The number of nitrogens with one attached hydrogen (secondary N) is 2. The summed E-state index contributed by atoms with van der Waals surface area (Å²) in [7, 11) is 1.68. The van der Waals surface area contributed by atoms with Crippen molar-refractivity contribution in [2.45, 2.75) is 25.4 Å². The first-order valence-electron chi connectivity index (χ1n) is 8.50. The van der Waals surface area contributed by atoms with Gasteiger partial charge in [-0.15, -0.1) is 0 Å². The first kappa shape index (κ1) is 17.2. The third-order valence-electron chi connectivity index (χ3n) is 4.15. The Morgan fingerprint density at radius 2 is 2.20 bits per heavy atom. The van der Waals surface area contributed by atoms with E-state index in [4.69, 9.17) is 9.47 Å². The third-order valence-corrected chi connectivity index (χ3v) is 4.15. The van der Waals surface area contributed by atoms with E-state index < -0.39 is 0 Å². The highest BCUT2D eigenvalue weighted by Gasteiger charge is 2.23. The molecular weight excluding hydrogens is 318 g/mol. The van der Waals surface area contributed by atoms with Gasteiger partial charge in [-0.1, -0.05) is 18.2 Å². The fourth-order valence-corrected chi connectivity index (χ4v) is 2.81. The molecule has 1 aromatic carbocycles. The van der Waals surface area contributed by atoms with Gasteiger partial charge in [-0.2, -0.15) is 0 Å². The molecule has 1 aliphatic heterocycles. The van der Waals surface area contributed by atoms with E-state index >= 15 is 0 Å². The Hall–Kier alpha value is -2.60. The Labute approximate surface area is 147 Å². The summed E-state index contributed by atoms with van der Waals surface area (Å²) in [5, 5.41) is 6.11. The van der Waals surface area contributed by atoms with Gasteiger partial charge in [0.2, 0.25) is 0 Å². The van der Waals surface area contributed by atoms with E-state index in [-0.39, 0.29) is 12.0 Å². The standard InChI is InChI=1S/C19H23N3O3/c1-24-16-6-3-2-5-14(16)10-11-20-18-9-8-15(13-21-18)22-19(23)17-7-4-12-25-17/h2-3,5-6,8-9,13,17H,4,7,10-12H2,1H3,(H,20,21)(H,22,23). The summed E-state index contributed by atoms with van der Waals surface area (Å²) in [6.07, 6.45) is 3.87. The Morgan fingerprint density at radius 1 is 1.32 bits per heavy atom. The predicted octanol–water partition coefficient (Wildman–Crippen LogP) is 2.86. The molecule has 1 aromatic heterocycles. The smallest absolute Gasteiger partial charge is 0.253 e. The summed E-state index contributed by atoms with van der Waals surface area (Å²) < 4.78 is 10.7. The Morgan fingerprint density at radius 3 is 2.92 bits per heavy atom. The lowest BCUT2D eigenvalue weighted by molar-refractivity contribution is -0.124. The number of para-hydroxylation sites is 1. The van der Waals surface area contributed by atoms with Gasteiger partial charge in [0.1, 0.15) is 17.7 Å². The number of ether oxygens (including phenoxy) is 2. The molecule has 1 saturated heterocycles. The number of hydrogen-bond acceptors (Lipinski definition) is 5. The lowest BCUT2D eigenvalue weighted by Crippen LogP contribution is -2.26. The van der Waals surface area contributed by atoms with Crippen LogP contribution in [0.25, 0.3) is 0 Å². The van der Waals surface area contributed by atoms with Gasteiger partial charge in [-0.25, -0.2) is 4.98 Å². The fourth-order valence-electron chi connectivity index (χ4n) is 2.81. The van der Waals surface area contributed by atoms with E-state index in [1.165, 1.54) is 0 Å². The van der Waals surface area contributed by atoms with Crippen LogP contribution in [0.2, 0.25) is 0 Å². The number of pyridine rings is 1. The maximum absolute atomic E-state index is 12.0. The van der Waals surface area contributed by atoms with Crippen LogP contribution in [0.15, 0.2) is 42.6 Å². The molecule has 2 N–H and O–H groups in total. The van der Waals surface area contributed by atoms with Gasteiger partial charge in [-0.3, -0.25) is 4.79 Å². The molecule has 0 saturated carbocycles. The number of carbonyl (C=O) groups is 1. The van der Waals surface area contributed by atoms with Crippen molar-refractivity contribution in [1.82, 2.24) is 4.98 Å². The van der Waals surface area contributed by atoms with Crippen molar-refractivity contribution in [1.29, 1.82) is 0 Å².